The first kappa shape index (κ1) is 22.1. The van der Waals surface area contributed by atoms with Gasteiger partial charge < -0.3 is 10.2 Å². The number of halogens is 1. The SMILES string of the molecule is CC(=O)Nc1sc2c(c1C(c1ccccc1)N1CCN(c3ccccc3F)CC1)CCCC2. The minimum atomic E-state index is -0.162. The largest absolute Gasteiger partial charge is 0.367 e. The van der Waals surface area contributed by atoms with Crippen LogP contribution in [-0.2, 0) is 17.6 Å². The van der Waals surface area contributed by atoms with Crippen LogP contribution in [0.5, 0.6) is 0 Å². The molecule has 1 N–H and O–H groups in total. The molecule has 172 valence electrons. The van der Waals surface area contributed by atoms with Crippen LogP contribution in [-0.4, -0.2) is 37.0 Å². The van der Waals surface area contributed by atoms with E-state index in [9.17, 15) is 9.18 Å². The molecule has 1 saturated heterocycles. The van der Waals surface area contributed by atoms with E-state index >= 15 is 0 Å². The Morgan fingerprint density at radius 1 is 0.970 bits per heavy atom. The van der Waals surface area contributed by atoms with Crippen LogP contribution in [0, 0.1) is 5.82 Å². The van der Waals surface area contributed by atoms with Crippen molar-refractivity contribution in [3.63, 3.8) is 0 Å². The smallest absolute Gasteiger partial charge is 0.221 e. The molecular weight excluding hydrogens is 433 g/mol. The fourth-order valence-corrected chi connectivity index (χ4v) is 6.62. The Morgan fingerprint density at radius 2 is 1.67 bits per heavy atom. The third-order valence-electron chi connectivity index (χ3n) is 6.76. The van der Waals surface area contributed by atoms with Crippen molar-refractivity contribution in [3.05, 3.63) is 82.0 Å². The van der Waals surface area contributed by atoms with E-state index in [2.05, 4.69) is 45.4 Å². The molecule has 5 rings (SSSR count). The molecule has 4 nitrogen and oxygen atoms in total. The van der Waals surface area contributed by atoms with Gasteiger partial charge in [-0.3, -0.25) is 9.69 Å². The topological polar surface area (TPSA) is 35.6 Å². The van der Waals surface area contributed by atoms with Crippen LogP contribution >= 0.6 is 11.3 Å². The normalized spacial score (nSPS) is 17.5. The lowest BCUT2D eigenvalue weighted by Gasteiger charge is -2.41. The molecule has 2 heterocycles. The number of nitrogens with zero attached hydrogens (tertiary/aromatic N) is 2. The molecule has 1 aliphatic carbocycles. The van der Waals surface area contributed by atoms with E-state index in [-0.39, 0.29) is 17.8 Å². The lowest BCUT2D eigenvalue weighted by molar-refractivity contribution is -0.114. The number of carbonyl (C=O) groups is 1. The fourth-order valence-electron chi connectivity index (χ4n) is 5.26. The summed E-state index contributed by atoms with van der Waals surface area (Å²) in [5.74, 6) is -0.184. The Labute approximate surface area is 199 Å². The number of para-hydroxylation sites is 1. The van der Waals surface area contributed by atoms with Gasteiger partial charge in [0.2, 0.25) is 5.91 Å². The number of piperazine rings is 1. The van der Waals surface area contributed by atoms with Gasteiger partial charge in [-0.1, -0.05) is 42.5 Å². The van der Waals surface area contributed by atoms with E-state index in [1.807, 2.05) is 12.1 Å². The van der Waals surface area contributed by atoms with Gasteiger partial charge in [0.25, 0.3) is 0 Å². The van der Waals surface area contributed by atoms with Crippen molar-refractivity contribution < 1.29 is 9.18 Å². The summed E-state index contributed by atoms with van der Waals surface area (Å²) in [7, 11) is 0. The molecule has 6 heteroatoms. The Bertz CT molecular complexity index is 1120. The predicted molar refractivity (Wildman–Crippen MR) is 134 cm³/mol. The molecule has 1 amide bonds. The third kappa shape index (κ3) is 4.55. The summed E-state index contributed by atoms with van der Waals surface area (Å²) >= 11 is 1.76. The van der Waals surface area contributed by atoms with E-state index in [0.717, 1.165) is 44.0 Å². The average molecular weight is 464 g/mol. The van der Waals surface area contributed by atoms with Crippen LogP contribution in [0.4, 0.5) is 15.1 Å². The number of amides is 1. The van der Waals surface area contributed by atoms with Crippen molar-refractivity contribution in [2.75, 3.05) is 36.4 Å². The molecule has 2 aromatic carbocycles. The highest BCUT2D eigenvalue weighted by atomic mass is 32.1. The number of rotatable bonds is 5. The number of fused-ring (bicyclic) bond motifs is 1. The molecule has 1 aromatic heterocycles. The summed E-state index contributed by atoms with van der Waals surface area (Å²) in [6.07, 6.45) is 4.57. The molecule has 1 unspecified atom stereocenters. The Kier molecular flexibility index (Phi) is 6.47. The van der Waals surface area contributed by atoms with Crippen molar-refractivity contribution in [2.45, 2.75) is 38.6 Å². The van der Waals surface area contributed by atoms with Crippen LogP contribution in [0.15, 0.2) is 54.6 Å². The van der Waals surface area contributed by atoms with Crippen LogP contribution in [0.25, 0.3) is 0 Å². The van der Waals surface area contributed by atoms with Crippen molar-refractivity contribution in [1.82, 2.24) is 4.90 Å². The molecule has 1 atom stereocenters. The quantitative estimate of drug-likeness (QED) is 0.532. The zero-order valence-electron chi connectivity index (χ0n) is 19.0. The first-order valence-corrected chi connectivity index (χ1v) is 12.6. The van der Waals surface area contributed by atoms with Gasteiger partial charge in [-0.2, -0.15) is 0 Å². The number of hydrogen-bond donors (Lipinski definition) is 1. The van der Waals surface area contributed by atoms with E-state index < -0.39 is 0 Å². The van der Waals surface area contributed by atoms with E-state index in [1.54, 1.807) is 24.3 Å². The molecule has 0 spiro atoms. The van der Waals surface area contributed by atoms with Gasteiger partial charge in [0.1, 0.15) is 10.8 Å². The van der Waals surface area contributed by atoms with Crippen molar-refractivity contribution >= 4 is 27.9 Å². The first-order valence-electron chi connectivity index (χ1n) is 11.8. The first-order chi connectivity index (χ1) is 16.1. The third-order valence-corrected chi connectivity index (χ3v) is 7.99. The summed E-state index contributed by atoms with van der Waals surface area (Å²) in [5, 5.41) is 4.15. The molecule has 1 aliphatic heterocycles. The Hall–Kier alpha value is -2.70. The average Bonchev–Trinajstić information content (AvgIpc) is 3.18. The zero-order valence-corrected chi connectivity index (χ0v) is 19.8. The molecule has 1 fully saturated rings. The Morgan fingerprint density at radius 3 is 2.39 bits per heavy atom. The van der Waals surface area contributed by atoms with Crippen LogP contribution in [0.2, 0.25) is 0 Å². The van der Waals surface area contributed by atoms with Gasteiger partial charge in [-0.15, -0.1) is 11.3 Å². The minimum absolute atomic E-state index is 0.0222. The summed E-state index contributed by atoms with van der Waals surface area (Å²) < 4.78 is 14.4. The summed E-state index contributed by atoms with van der Waals surface area (Å²) in [4.78, 5) is 18.2. The number of anilines is 2. The number of benzene rings is 2. The van der Waals surface area contributed by atoms with Gasteiger partial charge in [0, 0.05) is 43.5 Å². The van der Waals surface area contributed by atoms with Gasteiger partial charge in [-0.05, 0) is 48.9 Å². The van der Waals surface area contributed by atoms with Gasteiger partial charge >= 0.3 is 0 Å². The second kappa shape index (κ2) is 9.65. The van der Waals surface area contributed by atoms with Crippen molar-refractivity contribution in [2.24, 2.45) is 0 Å². The van der Waals surface area contributed by atoms with Crippen LogP contribution in [0.3, 0.4) is 0 Å². The molecular formula is C27H30FN3OS. The molecule has 2 aliphatic rings. The highest BCUT2D eigenvalue weighted by Crippen LogP contribution is 2.45. The lowest BCUT2D eigenvalue weighted by atomic mass is 9.88. The lowest BCUT2D eigenvalue weighted by Crippen LogP contribution is -2.48. The van der Waals surface area contributed by atoms with E-state index in [4.69, 9.17) is 0 Å². The fraction of sp³-hybridized carbons (Fsp3) is 0.370. The molecule has 0 bridgehead atoms. The maximum atomic E-state index is 14.4. The molecule has 33 heavy (non-hydrogen) atoms. The van der Waals surface area contributed by atoms with Crippen molar-refractivity contribution in [3.8, 4) is 0 Å². The Balaban J connectivity index is 1.51. The minimum Gasteiger partial charge on any atom is -0.367 e. The summed E-state index contributed by atoms with van der Waals surface area (Å²) in [6, 6.07) is 17.7. The van der Waals surface area contributed by atoms with Gasteiger partial charge in [-0.25, -0.2) is 4.39 Å². The number of nitrogens with one attached hydrogen (secondary N) is 1. The second-order valence-electron chi connectivity index (χ2n) is 8.92. The second-order valence-corrected chi connectivity index (χ2v) is 10.0. The van der Waals surface area contributed by atoms with Gasteiger partial charge in [0.15, 0.2) is 0 Å². The molecule has 0 saturated carbocycles. The van der Waals surface area contributed by atoms with Crippen LogP contribution < -0.4 is 10.2 Å². The number of carbonyl (C=O) groups excluding carboxylic acids is 1. The number of thiophene rings is 1. The van der Waals surface area contributed by atoms with Gasteiger partial charge in [0.05, 0.1) is 11.7 Å². The summed E-state index contributed by atoms with van der Waals surface area (Å²) in [5.41, 5.74) is 4.63. The van der Waals surface area contributed by atoms with Crippen molar-refractivity contribution in [1.29, 1.82) is 0 Å². The number of hydrogen-bond acceptors (Lipinski definition) is 4. The highest BCUT2D eigenvalue weighted by Gasteiger charge is 2.33. The standard InChI is InChI=1S/C27H30FN3OS/c1-19(32)29-27-25(21-11-5-8-14-24(21)33-27)26(20-9-3-2-4-10-20)31-17-15-30(16-18-31)23-13-7-6-12-22(23)28/h2-4,6-7,9-10,12-13,26H,5,8,11,14-18H2,1H3,(H,29,32). The molecule has 3 aromatic rings. The maximum absolute atomic E-state index is 14.4. The monoisotopic (exact) mass is 463 g/mol. The highest BCUT2D eigenvalue weighted by molar-refractivity contribution is 7.16. The number of aryl methyl sites for hydroxylation is 1. The van der Waals surface area contributed by atoms with E-state index in [0.29, 0.717) is 5.69 Å². The maximum Gasteiger partial charge on any atom is 0.221 e. The van der Waals surface area contributed by atoms with E-state index in [1.165, 1.54) is 40.5 Å². The summed E-state index contributed by atoms with van der Waals surface area (Å²) in [6.45, 7) is 4.79. The zero-order chi connectivity index (χ0) is 22.8. The predicted octanol–water partition coefficient (Wildman–Crippen LogP) is 5.64. The molecule has 0 radical (unpaired) electrons. The van der Waals surface area contributed by atoms with Crippen LogP contribution in [0.1, 0.15) is 47.4 Å².